The van der Waals surface area contributed by atoms with E-state index in [0.717, 1.165) is 180 Å². The van der Waals surface area contributed by atoms with E-state index in [1.807, 2.05) is 0 Å². The Morgan fingerprint density at radius 3 is 0.823 bits per heavy atom. The number of hydrogen-bond acceptors (Lipinski definition) is 15. The Morgan fingerprint density at radius 2 is 0.521 bits per heavy atom. The van der Waals surface area contributed by atoms with Gasteiger partial charge in [-0.15, -0.1) is 0 Å². The molecule has 0 rings (SSSR count). The van der Waals surface area contributed by atoms with Crippen molar-refractivity contribution in [3.63, 3.8) is 0 Å². The van der Waals surface area contributed by atoms with E-state index in [9.17, 15) is 43.2 Å². The normalized spacial score (nSPS) is 14.4. The Labute approximate surface area is 583 Å². The summed E-state index contributed by atoms with van der Waals surface area (Å²) in [6, 6.07) is 0. The summed E-state index contributed by atoms with van der Waals surface area (Å²) >= 11 is 0. The summed E-state index contributed by atoms with van der Waals surface area (Å²) < 4.78 is 68.3. The SMILES string of the molecule is CCCC/C=C\CCCCCCCC(=O)OCC(COP(=O)(O)OCC(O)COP(=O)(O)OCC(COC(=O)CCCCCCCC/C=C\C/C=C\C/C=C\CCCCC)OC(=O)CCCCCCC/C=C\C/C=C\CCCCC)OC(=O)CCCCCCC/C=C\CCCC. The van der Waals surface area contributed by atoms with Crippen LogP contribution in [0.5, 0.6) is 0 Å². The number of ether oxygens (including phenoxy) is 4. The average Bonchev–Trinajstić information content (AvgIpc) is 1.17. The first-order chi connectivity index (χ1) is 46.7. The van der Waals surface area contributed by atoms with Crippen LogP contribution in [0, 0.1) is 0 Å². The lowest BCUT2D eigenvalue weighted by Crippen LogP contribution is -2.30. The molecular formula is C77H136O17P2. The van der Waals surface area contributed by atoms with Crippen molar-refractivity contribution in [2.45, 2.75) is 341 Å². The molecular weight excluding hydrogens is 1260 g/mol. The van der Waals surface area contributed by atoms with Crippen molar-refractivity contribution in [2.75, 3.05) is 39.6 Å². The highest BCUT2D eigenvalue weighted by molar-refractivity contribution is 7.47. The summed E-state index contributed by atoms with van der Waals surface area (Å²) in [6.07, 6.45) is 70.1. The van der Waals surface area contributed by atoms with Gasteiger partial charge in [0, 0.05) is 25.7 Å². The molecule has 17 nitrogen and oxygen atoms in total. The van der Waals surface area contributed by atoms with Crippen molar-refractivity contribution in [1.82, 2.24) is 0 Å². The van der Waals surface area contributed by atoms with E-state index < -0.39 is 97.5 Å². The van der Waals surface area contributed by atoms with Crippen molar-refractivity contribution in [1.29, 1.82) is 0 Å². The summed E-state index contributed by atoms with van der Waals surface area (Å²) in [6.45, 7) is 4.71. The van der Waals surface area contributed by atoms with Crippen LogP contribution in [0.2, 0.25) is 0 Å². The molecule has 5 atom stereocenters. The topological polar surface area (TPSA) is 237 Å². The Bertz CT molecular complexity index is 2160. The zero-order valence-electron chi connectivity index (χ0n) is 60.5. The lowest BCUT2D eigenvalue weighted by molar-refractivity contribution is -0.161. The van der Waals surface area contributed by atoms with Crippen molar-refractivity contribution >= 4 is 39.5 Å². The van der Waals surface area contributed by atoms with E-state index >= 15 is 0 Å². The fourth-order valence-corrected chi connectivity index (χ4v) is 11.5. The van der Waals surface area contributed by atoms with Crippen molar-refractivity contribution in [3.8, 4) is 0 Å². The summed E-state index contributed by atoms with van der Waals surface area (Å²) in [7, 11) is -9.95. The molecule has 556 valence electrons. The number of unbranched alkanes of at least 4 members (excludes halogenated alkanes) is 31. The molecule has 0 fully saturated rings. The van der Waals surface area contributed by atoms with Gasteiger partial charge in [0.05, 0.1) is 26.4 Å². The molecule has 0 heterocycles. The minimum atomic E-state index is -4.98. The van der Waals surface area contributed by atoms with Crippen molar-refractivity contribution in [2.24, 2.45) is 0 Å². The number of aliphatic hydroxyl groups excluding tert-OH is 1. The van der Waals surface area contributed by atoms with Crippen LogP contribution in [0.3, 0.4) is 0 Å². The predicted octanol–water partition coefficient (Wildman–Crippen LogP) is 21.4. The summed E-state index contributed by atoms with van der Waals surface area (Å²) in [4.78, 5) is 72.7. The summed E-state index contributed by atoms with van der Waals surface area (Å²) in [5.41, 5.74) is 0. The van der Waals surface area contributed by atoms with E-state index in [4.69, 9.17) is 37.0 Å². The number of aliphatic hydroxyl groups is 1. The molecule has 5 unspecified atom stereocenters. The summed E-state index contributed by atoms with van der Waals surface area (Å²) in [5, 5.41) is 10.6. The van der Waals surface area contributed by atoms with Crippen molar-refractivity contribution in [3.05, 3.63) is 85.1 Å². The Balaban J connectivity index is 5.32. The molecule has 3 N–H and O–H groups in total. The molecule has 0 aliphatic rings. The van der Waals surface area contributed by atoms with Gasteiger partial charge in [-0.2, -0.15) is 0 Å². The maximum atomic E-state index is 13.1. The first kappa shape index (κ1) is 92.2. The van der Waals surface area contributed by atoms with Gasteiger partial charge < -0.3 is 33.8 Å². The Morgan fingerprint density at radius 1 is 0.292 bits per heavy atom. The minimum absolute atomic E-state index is 0.0767. The molecule has 19 heteroatoms. The van der Waals surface area contributed by atoms with Gasteiger partial charge in [-0.1, -0.05) is 248 Å². The highest BCUT2D eigenvalue weighted by Gasteiger charge is 2.30. The van der Waals surface area contributed by atoms with E-state index in [1.54, 1.807) is 0 Å². The maximum absolute atomic E-state index is 13.1. The highest BCUT2D eigenvalue weighted by Crippen LogP contribution is 2.45. The number of rotatable bonds is 71. The van der Waals surface area contributed by atoms with Crippen LogP contribution in [0.15, 0.2) is 85.1 Å². The number of phosphoric acid groups is 2. The minimum Gasteiger partial charge on any atom is -0.462 e. The molecule has 0 aliphatic heterocycles. The van der Waals surface area contributed by atoms with Gasteiger partial charge in [0.1, 0.15) is 19.3 Å². The van der Waals surface area contributed by atoms with Gasteiger partial charge in [0.25, 0.3) is 0 Å². The molecule has 0 bridgehead atoms. The molecule has 0 aromatic heterocycles. The van der Waals surface area contributed by atoms with Gasteiger partial charge in [0.2, 0.25) is 0 Å². The van der Waals surface area contributed by atoms with E-state index in [2.05, 4.69) is 113 Å². The second kappa shape index (κ2) is 69.7. The monoisotopic (exact) mass is 1390 g/mol. The Hall–Kier alpha value is -3.76. The molecule has 96 heavy (non-hydrogen) atoms. The van der Waals surface area contributed by atoms with Gasteiger partial charge in [-0.25, -0.2) is 9.13 Å². The Kier molecular flexibility index (Phi) is 67.0. The summed E-state index contributed by atoms with van der Waals surface area (Å²) in [5.74, 6) is -2.21. The van der Waals surface area contributed by atoms with Crippen LogP contribution in [-0.4, -0.2) is 96.7 Å². The van der Waals surface area contributed by atoms with Gasteiger partial charge in [-0.3, -0.25) is 37.3 Å². The third-order valence-corrected chi connectivity index (χ3v) is 17.7. The van der Waals surface area contributed by atoms with Crippen LogP contribution in [0.4, 0.5) is 0 Å². The molecule has 0 aliphatic carbocycles. The lowest BCUT2D eigenvalue weighted by atomic mass is 10.1. The number of carbonyl (C=O) groups is 4. The first-order valence-electron chi connectivity index (χ1n) is 37.8. The van der Waals surface area contributed by atoms with E-state index in [1.165, 1.54) is 64.2 Å². The third kappa shape index (κ3) is 68.8. The molecule has 0 saturated heterocycles. The van der Waals surface area contributed by atoms with Crippen LogP contribution < -0.4 is 0 Å². The molecule has 0 spiro atoms. The van der Waals surface area contributed by atoms with Crippen LogP contribution in [-0.2, 0) is 65.4 Å². The zero-order chi connectivity index (χ0) is 70.4. The number of allylic oxidation sites excluding steroid dienone is 14. The number of carbonyl (C=O) groups excluding carboxylic acids is 4. The van der Waals surface area contributed by atoms with Crippen molar-refractivity contribution < 1.29 is 80.2 Å². The quantitative estimate of drug-likeness (QED) is 0.0169. The smallest absolute Gasteiger partial charge is 0.462 e. The van der Waals surface area contributed by atoms with Crippen LogP contribution >= 0.6 is 15.6 Å². The third-order valence-electron chi connectivity index (χ3n) is 15.8. The number of phosphoric ester groups is 2. The predicted molar refractivity (Wildman–Crippen MR) is 390 cm³/mol. The average molecular weight is 1400 g/mol. The molecule has 0 saturated carbocycles. The fourth-order valence-electron chi connectivity index (χ4n) is 9.92. The van der Waals surface area contributed by atoms with E-state index in [0.29, 0.717) is 25.7 Å². The molecule has 0 aromatic rings. The first-order valence-corrected chi connectivity index (χ1v) is 40.8. The number of esters is 4. The van der Waals surface area contributed by atoms with Gasteiger partial charge in [0.15, 0.2) is 12.2 Å². The largest absolute Gasteiger partial charge is 0.472 e. The highest BCUT2D eigenvalue weighted by atomic mass is 31.2. The zero-order valence-corrected chi connectivity index (χ0v) is 62.3. The van der Waals surface area contributed by atoms with Crippen LogP contribution in [0.25, 0.3) is 0 Å². The van der Waals surface area contributed by atoms with E-state index in [-0.39, 0.29) is 25.7 Å². The molecule has 0 aromatic carbocycles. The standard InChI is InChI=1S/C77H136O17P2/c1-5-9-13-17-21-25-29-31-33-34-35-36-38-39-43-46-50-54-58-62-75(80)88-68-73(94-77(82)64-60-56-52-48-44-40-37-32-30-26-22-18-14-10-6-2)70-92-96(85,86)90-66-71(78)65-89-95(83,84)91-69-72(93-76(81)63-59-55-51-47-42-28-24-20-16-12-8-4)67-87-74(79)61-57-53-49-45-41-27-23-19-15-11-7-3/h19-26,31-33,35-37,71-73,78H,5-18,27-30,34,38-70H2,1-4H3,(H,83,84)(H,85,86)/b23-19-,24-20-,25-21-,26-22-,33-31-,36-35-,37-32-. The molecule has 0 radical (unpaired) electrons. The lowest BCUT2D eigenvalue weighted by Gasteiger charge is -2.21. The second-order valence-electron chi connectivity index (χ2n) is 25.2. The fraction of sp³-hybridized carbons (Fsp3) is 0.766. The van der Waals surface area contributed by atoms with Gasteiger partial charge >= 0.3 is 39.5 Å². The second-order valence-corrected chi connectivity index (χ2v) is 28.1. The van der Waals surface area contributed by atoms with Gasteiger partial charge in [-0.05, 0) is 135 Å². The number of hydrogen-bond donors (Lipinski definition) is 3. The maximum Gasteiger partial charge on any atom is 0.472 e. The molecule has 0 amide bonds. The van der Waals surface area contributed by atoms with Crippen LogP contribution in [0.1, 0.15) is 323 Å².